The zero-order chi connectivity index (χ0) is 18.9. The van der Waals surface area contributed by atoms with Crippen molar-refractivity contribution in [3.63, 3.8) is 0 Å². The van der Waals surface area contributed by atoms with Crippen molar-refractivity contribution in [3.05, 3.63) is 58.1 Å². The van der Waals surface area contributed by atoms with Gasteiger partial charge in [0.05, 0.1) is 5.56 Å². The van der Waals surface area contributed by atoms with Crippen LogP contribution in [0.15, 0.2) is 41.3 Å². The molecule has 0 saturated carbocycles. The minimum atomic E-state index is -1.04. The van der Waals surface area contributed by atoms with E-state index in [0.717, 1.165) is 29.0 Å². The summed E-state index contributed by atoms with van der Waals surface area (Å²) in [7, 11) is 0. The number of nitrogens with one attached hydrogen (secondary N) is 1. The summed E-state index contributed by atoms with van der Waals surface area (Å²) in [6.07, 6.45) is 1.07. The van der Waals surface area contributed by atoms with Crippen molar-refractivity contribution in [3.8, 4) is 17.6 Å². The molecule has 6 heteroatoms. The van der Waals surface area contributed by atoms with Crippen molar-refractivity contribution in [2.45, 2.75) is 25.2 Å². The molecule has 0 aromatic heterocycles. The molecule has 0 aliphatic heterocycles. The summed E-state index contributed by atoms with van der Waals surface area (Å²) < 4.78 is 8.58. The van der Waals surface area contributed by atoms with Gasteiger partial charge in [-0.25, -0.2) is 4.79 Å². The Bertz CT molecular complexity index is 843. The predicted octanol–water partition coefficient (Wildman–Crippen LogP) is 4.52. The van der Waals surface area contributed by atoms with Crippen LogP contribution >= 0.6 is 23.5 Å². The van der Waals surface area contributed by atoms with Crippen LogP contribution in [0.25, 0.3) is 0 Å². The lowest BCUT2D eigenvalue weighted by atomic mass is 10.1. The number of aliphatic carboxylic acids is 1. The van der Waals surface area contributed by atoms with Gasteiger partial charge in [0.25, 0.3) is 0 Å². The Morgan fingerprint density at radius 3 is 2.73 bits per heavy atom. The molecular weight excluding hydrogens is 370 g/mol. The Hall–Kier alpha value is -2.13. The number of rotatable bonds is 7. The summed E-state index contributed by atoms with van der Waals surface area (Å²) in [5.41, 5.74) is 2.52. The fourth-order valence-electron chi connectivity index (χ4n) is 2.04. The van der Waals surface area contributed by atoms with Gasteiger partial charge in [-0.05, 0) is 61.2 Å². The quantitative estimate of drug-likeness (QED) is 0.414. The van der Waals surface area contributed by atoms with Crippen LogP contribution in [0.2, 0.25) is 5.02 Å². The third-order valence-electron chi connectivity index (χ3n) is 3.38. The summed E-state index contributed by atoms with van der Waals surface area (Å²) in [4.78, 5) is 11.8. The zero-order valence-corrected chi connectivity index (χ0v) is 16.2. The van der Waals surface area contributed by atoms with Gasteiger partial charge in [0.1, 0.15) is 5.75 Å². The molecule has 136 valence electrons. The van der Waals surface area contributed by atoms with E-state index in [-0.39, 0.29) is 0 Å². The topological polar surface area (TPSA) is 58.6 Å². The molecular formula is C20H20ClNO3S. The van der Waals surface area contributed by atoms with Crippen LogP contribution in [0.1, 0.15) is 30.0 Å². The first-order chi connectivity index (χ1) is 12.5. The van der Waals surface area contributed by atoms with Crippen molar-refractivity contribution in [1.29, 1.82) is 0 Å². The molecule has 0 atom stereocenters. The molecule has 26 heavy (non-hydrogen) atoms. The van der Waals surface area contributed by atoms with E-state index in [4.69, 9.17) is 21.4 Å². The highest BCUT2D eigenvalue weighted by molar-refractivity contribution is 7.97. The van der Waals surface area contributed by atoms with Gasteiger partial charge in [0, 0.05) is 22.0 Å². The minimum Gasteiger partial charge on any atom is -0.481 e. The van der Waals surface area contributed by atoms with Gasteiger partial charge in [-0.2, -0.15) is 0 Å². The maximum Gasteiger partial charge on any atom is 0.341 e. The van der Waals surface area contributed by atoms with E-state index in [2.05, 4.69) is 29.6 Å². The van der Waals surface area contributed by atoms with Gasteiger partial charge in [-0.3, -0.25) is 4.72 Å². The fourth-order valence-corrected chi connectivity index (χ4v) is 2.99. The van der Waals surface area contributed by atoms with Gasteiger partial charge in [-0.15, -0.1) is 0 Å². The number of carboxylic acid groups (broad SMARTS) is 1. The van der Waals surface area contributed by atoms with E-state index in [0.29, 0.717) is 16.3 Å². The molecule has 4 nitrogen and oxygen atoms in total. The predicted molar refractivity (Wildman–Crippen MR) is 106 cm³/mol. The average molecular weight is 390 g/mol. The van der Waals surface area contributed by atoms with Crippen LogP contribution in [0.4, 0.5) is 0 Å². The molecule has 2 aromatic rings. The molecule has 0 unspecified atom stereocenters. The molecule has 0 aliphatic rings. The molecule has 0 radical (unpaired) electrons. The highest BCUT2D eigenvalue weighted by Crippen LogP contribution is 2.23. The number of aryl methyl sites for hydroxylation is 1. The smallest absolute Gasteiger partial charge is 0.341 e. The summed E-state index contributed by atoms with van der Waals surface area (Å²) in [6, 6.07) is 11.0. The largest absolute Gasteiger partial charge is 0.481 e. The van der Waals surface area contributed by atoms with E-state index in [1.807, 2.05) is 19.1 Å². The molecule has 0 amide bonds. The Morgan fingerprint density at radius 2 is 2.00 bits per heavy atom. The summed E-state index contributed by atoms with van der Waals surface area (Å²) in [5.74, 6) is 5.54. The number of carbonyl (C=O) groups is 1. The third kappa shape index (κ3) is 6.30. The number of benzene rings is 2. The van der Waals surface area contributed by atoms with E-state index in [1.54, 1.807) is 30.1 Å². The Kier molecular flexibility index (Phi) is 7.86. The summed E-state index contributed by atoms with van der Waals surface area (Å²) >= 11 is 7.62. The first-order valence-corrected chi connectivity index (χ1v) is 9.35. The maximum atomic E-state index is 10.7. The lowest BCUT2D eigenvalue weighted by Crippen LogP contribution is -2.10. The monoisotopic (exact) mass is 389 g/mol. The Labute approximate surface area is 163 Å². The number of hydrogen-bond donors (Lipinski definition) is 2. The number of ether oxygens (including phenoxy) is 1. The normalized spacial score (nSPS) is 10.1. The van der Waals surface area contributed by atoms with Crippen molar-refractivity contribution in [2.75, 3.05) is 13.2 Å². The van der Waals surface area contributed by atoms with E-state index < -0.39 is 12.6 Å². The van der Waals surface area contributed by atoms with Crippen LogP contribution < -0.4 is 9.46 Å². The second-order valence-electron chi connectivity index (χ2n) is 5.55. The van der Waals surface area contributed by atoms with Crippen LogP contribution in [0.3, 0.4) is 0 Å². The van der Waals surface area contributed by atoms with Crippen molar-refractivity contribution in [2.24, 2.45) is 0 Å². The van der Waals surface area contributed by atoms with Gasteiger partial charge in [-0.1, -0.05) is 36.4 Å². The standard InChI is InChI=1S/C20H20ClNO3S/c1-3-10-22-26-18-8-4-14(2)15(12-18)5-6-16-11-17(21)7-9-19(16)25-13-20(23)24/h4,7-9,11-12,22H,3,10,13H2,1-2H3,(H,23,24). The lowest BCUT2D eigenvalue weighted by Gasteiger charge is -2.07. The number of hydrogen-bond acceptors (Lipinski definition) is 4. The maximum absolute atomic E-state index is 10.7. The molecule has 0 saturated heterocycles. The Balaban J connectivity index is 2.26. The van der Waals surface area contributed by atoms with Crippen molar-refractivity contribution >= 4 is 29.5 Å². The second kappa shape index (κ2) is 10.1. The van der Waals surface area contributed by atoms with Crippen LogP contribution in [-0.4, -0.2) is 24.2 Å². The van der Waals surface area contributed by atoms with Gasteiger partial charge < -0.3 is 9.84 Å². The molecule has 2 N–H and O–H groups in total. The van der Waals surface area contributed by atoms with E-state index in [1.165, 1.54) is 0 Å². The zero-order valence-electron chi connectivity index (χ0n) is 14.6. The van der Waals surface area contributed by atoms with Gasteiger partial charge in [0.2, 0.25) is 0 Å². The molecule has 2 rings (SSSR count). The summed E-state index contributed by atoms with van der Waals surface area (Å²) in [5, 5.41) is 9.30. The van der Waals surface area contributed by atoms with Crippen LogP contribution in [-0.2, 0) is 4.79 Å². The highest BCUT2D eigenvalue weighted by atomic mass is 35.5. The fraction of sp³-hybridized carbons (Fsp3) is 0.250. The number of carboxylic acids is 1. The lowest BCUT2D eigenvalue weighted by molar-refractivity contribution is -0.139. The molecule has 2 aromatic carbocycles. The third-order valence-corrected chi connectivity index (χ3v) is 4.45. The first-order valence-electron chi connectivity index (χ1n) is 8.16. The summed E-state index contributed by atoms with van der Waals surface area (Å²) in [6.45, 7) is 4.63. The number of halogens is 1. The Morgan fingerprint density at radius 1 is 1.23 bits per heavy atom. The molecule has 0 spiro atoms. The molecule has 0 aliphatic carbocycles. The van der Waals surface area contributed by atoms with Crippen molar-refractivity contribution < 1.29 is 14.6 Å². The SMILES string of the molecule is CCCNSc1ccc(C)c(C#Cc2cc(Cl)ccc2OCC(=O)O)c1. The average Bonchev–Trinajstić information content (AvgIpc) is 2.61. The molecule has 0 bridgehead atoms. The van der Waals surface area contributed by atoms with Crippen LogP contribution in [0.5, 0.6) is 5.75 Å². The minimum absolute atomic E-state index is 0.400. The second-order valence-corrected chi connectivity index (χ2v) is 6.95. The first kappa shape index (κ1) is 20.2. The van der Waals surface area contributed by atoms with Crippen LogP contribution in [0, 0.1) is 18.8 Å². The van der Waals surface area contributed by atoms with Gasteiger partial charge in [0.15, 0.2) is 6.61 Å². The van der Waals surface area contributed by atoms with E-state index in [9.17, 15) is 4.79 Å². The highest BCUT2D eigenvalue weighted by Gasteiger charge is 2.06. The van der Waals surface area contributed by atoms with Gasteiger partial charge >= 0.3 is 5.97 Å². The van der Waals surface area contributed by atoms with Crippen molar-refractivity contribution in [1.82, 2.24) is 4.72 Å². The molecule has 0 fully saturated rings. The van der Waals surface area contributed by atoms with E-state index >= 15 is 0 Å². The molecule has 0 heterocycles.